The van der Waals surface area contributed by atoms with Crippen molar-refractivity contribution in [1.29, 1.82) is 0 Å². The predicted molar refractivity (Wildman–Crippen MR) is 128 cm³/mol. The van der Waals surface area contributed by atoms with Gasteiger partial charge >= 0.3 is 12.1 Å². The van der Waals surface area contributed by atoms with E-state index >= 15 is 0 Å². The number of halogens is 2. The summed E-state index contributed by atoms with van der Waals surface area (Å²) in [6.45, 7) is -0.412. The number of carbonyl (C=O) groups is 3. The summed E-state index contributed by atoms with van der Waals surface area (Å²) in [7, 11) is 0. The third-order valence-electron chi connectivity index (χ3n) is 6.52. The fourth-order valence-electron chi connectivity index (χ4n) is 4.60. The molecule has 0 bridgehead atoms. The van der Waals surface area contributed by atoms with E-state index in [-0.39, 0.29) is 18.9 Å². The van der Waals surface area contributed by atoms with Gasteiger partial charge in [-0.2, -0.15) is 11.8 Å². The minimum Gasteiger partial charge on any atom is -0.480 e. The summed E-state index contributed by atoms with van der Waals surface area (Å²) in [4.78, 5) is 35.8. The van der Waals surface area contributed by atoms with Gasteiger partial charge in [-0.3, -0.25) is 4.79 Å². The average molecular weight is 505 g/mol. The highest BCUT2D eigenvalue weighted by Gasteiger charge is 2.71. The van der Waals surface area contributed by atoms with Crippen molar-refractivity contribution in [3.8, 4) is 11.1 Å². The van der Waals surface area contributed by atoms with Gasteiger partial charge in [0.1, 0.15) is 18.6 Å². The van der Waals surface area contributed by atoms with Crippen molar-refractivity contribution in [2.24, 2.45) is 11.8 Å². The fraction of sp³-hybridized carbons (Fsp3) is 0.400. The van der Waals surface area contributed by atoms with Crippen molar-refractivity contribution < 1.29 is 33.0 Å². The Kier molecular flexibility index (Phi) is 7.30. The Morgan fingerprint density at radius 1 is 1.09 bits per heavy atom. The summed E-state index contributed by atoms with van der Waals surface area (Å²) in [5.41, 5.74) is 4.20. The molecule has 10 heteroatoms. The number of hydrogen-bond acceptors (Lipinski definition) is 5. The normalized spacial score (nSPS) is 20.3. The van der Waals surface area contributed by atoms with Crippen molar-refractivity contribution in [3.05, 3.63) is 59.7 Å². The molecule has 0 saturated heterocycles. The number of alkyl carbamates (subject to hydrolysis) is 1. The van der Waals surface area contributed by atoms with Crippen molar-refractivity contribution in [3.63, 3.8) is 0 Å². The molecule has 35 heavy (non-hydrogen) atoms. The van der Waals surface area contributed by atoms with Gasteiger partial charge in [-0.25, -0.2) is 18.4 Å². The molecule has 4 rings (SSSR count). The average Bonchev–Trinajstić information content (AvgIpc) is 3.25. The number of aliphatic carboxylic acids is 1. The number of ether oxygens (including phenoxy) is 1. The second-order valence-electron chi connectivity index (χ2n) is 8.65. The Bertz CT molecular complexity index is 1080. The monoisotopic (exact) mass is 504 g/mol. The summed E-state index contributed by atoms with van der Waals surface area (Å²) in [5.74, 6) is -8.43. The van der Waals surface area contributed by atoms with Gasteiger partial charge in [0.2, 0.25) is 5.91 Å². The van der Waals surface area contributed by atoms with Crippen LogP contribution in [0, 0.1) is 11.8 Å². The summed E-state index contributed by atoms with van der Waals surface area (Å²) in [6, 6.07) is 14.4. The molecule has 3 N–H and O–H groups in total. The van der Waals surface area contributed by atoms with Gasteiger partial charge < -0.3 is 20.5 Å². The Balaban J connectivity index is 1.30. The highest BCUT2D eigenvalue weighted by molar-refractivity contribution is 7.98. The zero-order chi connectivity index (χ0) is 25.2. The Labute approximate surface area is 205 Å². The number of carbonyl (C=O) groups excluding carboxylic acids is 2. The van der Waals surface area contributed by atoms with Crippen LogP contribution in [0.2, 0.25) is 0 Å². The molecule has 0 spiro atoms. The summed E-state index contributed by atoms with van der Waals surface area (Å²) >= 11 is 1.39. The third-order valence-corrected chi connectivity index (χ3v) is 7.16. The largest absolute Gasteiger partial charge is 0.480 e. The first-order valence-electron chi connectivity index (χ1n) is 11.2. The highest BCUT2D eigenvalue weighted by Crippen LogP contribution is 2.55. The number of carboxylic acid groups (broad SMARTS) is 1. The van der Waals surface area contributed by atoms with Gasteiger partial charge in [0.15, 0.2) is 0 Å². The second kappa shape index (κ2) is 10.2. The van der Waals surface area contributed by atoms with Crippen LogP contribution in [0.3, 0.4) is 0 Å². The van der Waals surface area contributed by atoms with E-state index in [0.717, 1.165) is 22.3 Å². The van der Waals surface area contributed by atoms with Crippen LogP contribution in [0.1, 0.15) is 23.5 Å². The second-order valence-corrected chi connectivity index (χ2v) is 9.63. The van der Waals surface area contributed by atoms with E-state index in [4.69, 9.17) is 4.74 Å². The molecule has 3 atom stereocenters. The van der Waals surface area contributed by atoms with E-state index in [0.29, 0.717) is 5.75 Å². The predicted octanol–water partition coefficient (Wildman–Crippen LogP) is 3.73. The van der Waals surface area contributed by atoms with Crippen molar-refractivity contribution in [2.75, 3.05) is 25.2 Å². The van der Waals surface area contributed by atoms with E-state index in [1.165, 1.54) is 11.8 Å². The number of thioether (sulfide) groups is 1. The fourth-order valence-corrected chi connectivity index (χ4v) is 5.07. The maximum atomic E-state index is 14.2. The van der Waals surface area contributed by atoms with Crippen LogP contribution in [0.15, 0.2) is 48.5 Å². The van der Waals surface area contributed by atoms with Crippen LogP contribution >= 0.6 is 11.8 Å². The first kappa shape index (κ1) is 25.0. The number of alkyl halides is 2. The van der Waals surface area contributed by atoms with Crippen molar-refractivity contribution in [1.82, 2.24) is 10.6 Å². The Morgan fingerprint density at radius 2 is 1.69 bits per heavy atom. The summed E-state index contributed by atoms with van der Waals surface area (Å²) in [6.07, 6.45) is 1.06. The van der Waals surface area contributed by atoms with Gasteiger partial charge in [-0.15, -0.1) is 0 Å². The molecule has 1 fully saturated rings. The zero-order valence-corrected chi connectivity index (χ0v) is 19.8. The van der Waals surface area contributed by atoms with Crippen molar-refractivity contribution in [2.45, 2.75) is 24.3 Å². The van der Waals surface area contributed by atoms with Gasteiger partial charge in [-0.05, 0) is 40.7 Å². The lowest BCUT2D eigenvalue weighted by atomic mass is 9.98. The molecule has 2 aromatic carbocycles. The molecule has 2 amide bonds. The molecular weight excluding hydrogens is 478 g/mol. The van der Waals surface area contributed by atoms with Crippen LogP contribution in [-0.4, -0.2) is 60.2 Å². The van der Waals surface area contributed by atoms with Crippen LogP contribution in [0.5, 0.6) is 0 Å². The molecule has 0 unspecified atom stereocenters. The highest BCUT2D eigenvalue weighted by atomic mass is 32.2. The first-order valence-corrected chi connectivity index (χ1v) is 12.6. The third kappa shape index (κ3) is 5.12. The number of rotatable bonds is 10. The van der Waals surface area contributed by atoms with Crippen LogP contribution < -0.4 is 10.6 Å². The number of hydrogen-bond donors (Lipinski definition) is 3. The summed E-state index contributed by atoms with van der Waals surface area (Å²) < 4.78 is 33.8. The van der Waals surface area contributed by atoms with Crippen LogP contribution in [0.4, 0.5) is 13.6 Å². The van der Waals surface area contributed by atoms with Crippen molar-refractivity contribution >= 4 is 29.7 Å². The number of carboxylic acids is 1. The smallest absolute Gasteiger partial charge is 0.407 e. The molecule has 0 aliphatic heterocycles. The minimum absolute atomic E-state index is 0.0422. The topological polar surface area (TPSA) is 105 Å². The lowest BCUT2D eigenvalue weighted by Gasteiger charge is -2.14. The number of fused-ring (bicyclic) bond motifs is 3. The molecule has 2 aromatic rings. The lowest BCUT2D eigenvalue weighted by Crippen LogP contribution is -2.42. The maximum absolute atomic E-state index is 14.2. The van der Waals surface area contributed by atoms with Crippen LogP contribution in [-0.2, 0) is 14.3 Å². The maximum Gasteiger partial charge on any atom is 0.407 e. The number of benzene rings is 2. The molecule has 2 aliphatic carbocycles. The molecule has 0 radical (unpaired) electrons. The Morgan fingerprint density at radius 3 is 2.26 bits per heavy atom. The SMILES string of the molecule is CSCC[C@H](NC(=O)[C@@H]1[C@H](CNC(=O)OCC2c3ccccc3-c3ccccc32)C1(F)F)C(=O)O. The van der Waals surface area contributed by atoms with E-state index in [1.807, 2.05) is 48.5 Å². The molecule has 2 aliphatic rings. The van der Waals surface area contributed by atoms with Gasteiger partial charge in [0.25, 0.3) is 5.92 Å². The molecule has 1 saturated carbocycles. The van der Waals surface area contributed by atoms with Gasteiger partial charge in [0.05, 0.1) is 5.92 Å². The van der Waals surface area contributed by atoms with Gasteiger partial charge in [0, 0.05) is 12.5 Å². The lowest BCUT2D eigenvalue weighted by molar-refractivity contribution is -0.142. The standard InChI is InChI=1S/C25H26F2N2O5S/c1-35-11-10-20(23(31)32)29-22(30)21-19(25(21,26)27)12-28-24(33)34-13-18-16-8-4-2-6-14(16)15-7-3-5-9-17(15)18/h2-9,18-21H,10-13H2,1H3,(H,28,33)(H,29,30)(H,31,32)/t19-,20-,21-/m0/s1. The molecule has 0 aromatic heterocycles. The Hall–Kier alpha value is -3.14. The van der Waals surface area contributed by atoms with E-state index < -0.39 is 48.3 Å². The minimum atomic E-state index is -3.33. The number of nitrogens with one attached hydrogen (secondary N) is 2. The number of amides is 2. The zero-order valence-electron chi connectivity index (χ0n) is 19.0. The van der Waals surface area contributed by atoms with E-state index in [1.54, 1.807) is 6.26 Å². The van der Waals surface area contributed by atoms with E-state index in [2.05, 4.69) is 10.6 Å². The van der Waals surface area contributed by atoms with Crippen LogP contribution in [0.25, 0.3) is 11.1 Å². The first-order chi connectivity index (χ1) is 16.8. The molecule has 0 heterocycles. The van der Waals surface area contributed by atoms with E-state index in [9.17, 15) is 28.3 Å². The summed E-state index contributed by atoms with van der Waals surface area (Å²) in [5, 5.41) is 13.7. The quantitative estimate of drug-likeness (QED) is 0.456. The molecular formula is C25H26F2N2O5S. The van der Waals surface area contributed by atoms with Gasteiger partial charge in [-0.1, -0.05) is 48.5 Å². The molecule has 7 nitrogen and oxygen atoms in total. The molecule has 186 valence electrons.